The van der Waals surface area contributed by atoms with Crippen LogP contribution in [0, 0.1) is 5.92 Å². The Balaban J connectivity index is 2.53. The maximum absolute atomic E-state index is 10.8. The zero-order valence-corrected chi connectivity index (χ0v) is 8.51. The summed E-state index contributed by atoms with van der Waals surface area (Å²) in [5.41, 5.74) is 5.08. The summed E-state index contributed by atoms with van der Waals surface area (Å²) >= 11 is 0. The lowest BCUT2D eigenvalue weighted by Crippen LogP contribution is -2.39. The molecule has 0 unspecified atom stereocenters. The molecule has 1 amide bonds. The third-order valence-corrected chi connectivity index (χ3v) is 3.73. The Morgan fingerprint density at radius 2 is 1.85 bits per heavy atom. The summed E-state index contributed by atoms with van der Waals surface area (Å²) in [6, 6.07) is 0. The fraction of sp³-hybridized carbons (Fsp3) is 0.833. The van der Waals surface area contributed by atoms with Crippen molar-refractivity contribution >= 4 is 25.8 Å². The first-order chi connectivity index (χ1) is 5.91. The van der Waals surface area contributed by atoms with Gasteiger partial charge in [0.25, 0.3) is 9.24 Å². The highest BCUT2D eigenvalue weighted by Crippen LogP contribution is 2.20. The third-order valence-electron chi connectivity index (χ3n) is 2.16. The zero-order valence-electron chi connectivity index (χ0n) is 6.94. The number of carbonyl (C=O) groups excluding carboxylic acids is 1. The van der Waals surface area contributed by atoms with E-state index in [-0.39, 0.29) is 24.9 Å². The van der Waals surface area contributed by atoms with Crippen LogP contribution in [-0.4, -0.2) is 31.7 Å². The highest BCUT2D eigenvalue weighted by molar-refractivity contribution is 8.11. The van der Waals surface area contributed by atoms with Gasteiger partial charge in [-0.15, -0.1) is 0 Å². The number of carbonyl (C=O) groups is 1. The molecule has 1 aliphatic rings. The van der Waals surface area contributed by atoms with E-state index in [1.807, 2.05) is 0 Å². The first-order valence-electron chi connectivity index (χ1n) is 3.90. The monoisotopic (exact) mass is 226 g/mol. The van der Waals surface area contributed by atoms with Gasteiger partial charge in [-0.05, 0) is 12.8 Å². The van der Waals surface area contributed by atoms with Crippen molar-refractivity contribution in [1.82, 2.24) is 4.31 Å². The van der Waals surface area contributed by atoms with Crippen LogP contribution in [0.4, 0.5) is 0 Å². The fourth-order valence-corrected chi connectivity index (χ4v) is 2.42. The highest BCUT2D eigenvalue weighted by atomic mass is 35.7. The van der Waals surface area contributed by atoms with E-state index in [2.05, 4.69) is 0 Å². The SMILES string of the molecule is NC(=O)C1CCN(S(=O)(=O)Cl)CC1. The lowest BCUT2D eigenvalue weighted by Gasteiger charge is -2.27. The van der Waals surface area contributed by atoms with Crippen molar-refractivity contribution in [2.45, 2.75) is 12.8 Å². The molecule has 13 heavy (non-hydrogen) atoms. The number of halogens is 1. The molecule has 2 N–H and O–H groups in total. The second-order valence-electron chi connectivity index (χ2n) is 3.02. The summed E-state index contributed by atoms with van der Waals surface area (Å²) in [4.78, 5) is 10.7. The quantitative estimate of drug-likeness (QED) is 0.655. The van der Waals surface area contributed by atoms with Crippen molar-refractivity contribution in [2.24, 2.45) is 11.7 Å². The number of piperidine rings is 1. The smallest absolute Gasteiger partial charge is 0.299 e. The van der Waals surface area contributed by atoms with Crippen LogP contribution in [0.3, 0.4) is 0 Å². The molecule has 0 atom stereocenters. The zero-order chi connectivity index (χ0) is 10.1. The number of amides is 1. The summed E-state index contributed by atoms with van der Waals surface area (Å²) in [6.45, 7) is 0.554. The van der Waals surface area contributed by atoms with Crippen molar-refractivity contribution in [1.29, 1.82) is 0 Å². The average molecular weight is 227 g/mol. The Labute approximate surface area is 81.4 Å². The minimum Gasteiger partial charge on any atom is -0.369 e. The maximum Gasteiger partial charge on any atom is 0.299 e. The van der Waals surface area contributed by atoms with E-state index < -0.39 is 9.24 Å². The molecule has 1 heterocycles. The molecule has 0 aromatic carbocycles. The van der Waals surface area contributed by atoms with Crippen LogP contribution in [0.25, 0.3) is 0 Å². The average Bonchev–Trinajstić information content (AvgIpc) is 2.03. The summed E-state index contributed by atoms with van der Waals surface area (Å²) in [6.07, 6.45) is 0.919. The largest absolute Gasteiger partial charge is 0.369 e. The standard InChI is InChI=1S/C6H11ClN2O3S/c7-13(11,12)9-3-1-5(2-4-9)6(8)10/h5H,1-4H2,(H2,8,10). The predicted molar refractivity (Wildman–Crippen MR) is 48.3 cm³/mol. The van der Waals surface area contributed by atoms with Crippen LogP contribution in [0.1, 0.15) is 12.8 Å². The Hall–Kier alpha value is -0.330. The molecular weight excluding hydrogens is 216 g/mol. The second kappa shape index (κ2) is 3.81. The molecule has 0 saturated carbocycles. The van der Waals surface area contributed by atoms with Gasteiger partial charge in [0, 0.05) is 29.7 Å². The molecule has 7 heteroatoms. The number of primary amides is 1. The van der Waals surface area contributed by atoms with Crippen LogP contribution in [0.5, 0.6) is 0 Å². The Kier molecular flexibility index (Phi) is 3.15. The normalized spacial score (nSPS) is 21.6. The van der Waals surface area contributed by atoms with Crippen molar-refractivity contribution in [3.05, 3.63) is 0 Å². The van der Waals surface area contributed by atoms with E-state index in [0.29, 0.717) is 12.8 Å². The van der Waals surface area contributed by atoms with Crippen molar-refractivity contribution in [3.63, 3.8) is 0 Å². The first-order valence-corrected chi connectivity index (χ1v) is 6.17. The van der Waals surface area contributed by atoms with Crippen LogP contribution in [0.2, 0.25) is 0 Å². The van der Waals surface area contributed by atoms with E-state index in [1.165, 1.54) is 0 Å². The van der Waals surface area contributed by atoms with Gasteiger partial charge in [-0.2, -0.15) is 12.7 Å². The molecule has 5 nitrogen and oxygen atoms in total. The summed E-state index contributed by atoms with van der Waals surface area (Å²) < 4.78 is 22.8. The van der Waals surface area contributed by atoms with Crippen molar-refractivity contribution < 1.29 is 13.2 Å². The van der Waals surface area contributed by atoms with E-state index in [1.54, 1.807) is 0 Å². The van der Waals surface area contributed by atoms with Crippen LogP contribution in [0.15, 0.2) is 0 Å². The topological polar surface area (TPSA) is 80.5 Å². The third kappa shape index (κ3) is 2.82. The Morgan fingerprint density at radius 1 is 1.38 bits per heavy atom. The maximum atomic E-state index is 10.8. The van der Waals surface area contributed by atoms with E-state index in [0.717, 1.165) is 4.31 Å². The highest BCUT2D eigenvalue weighted by Gasteiger charge is 2.28. The molecule has 1 aliphatic heterocycles. The van der Waals surface area contributed by atoms with Gasteiger partial charge >= 0.3 is 0 Å². The molecule has 76 valence electrons. The van der Waals surface area contributed by atoms with Gasteiger partial charge in [0.15, 0.2) is 0 Å². The Bertz CT molecular complexity index is 295. The molecule has 0 spiro atoms. The summed E-state index contributed by atoms with van der Waals surface area (Å²) in [5.74, 6) is -0.582. The van der Waals surface area contributed by atoms with Crippen LogP contribution >= 0.6 is 10.7 Å². The number of rotatable bonds is 2. The number of hydrogen-bond acceptors (Lipinski definition) is 3. The molecule has 0 bridgehead atoms. The van der Waals surface area contributed by atoms with Gasteiger partial charge in [-0.25, -0.2) is 0 Å². The van der Waals surface area contributed by atoms with Gasteiger partial charge in [0.2, 0.25) is 5.91 Å². The lowest BCUT2D eigenvalue weighted by atomic mass is 9.98. The minimum atomic E-state index is -3.62. The van der Waals surface area contributed by atoms with Gasteiger partial charge < -0.3 is 5.73 Å². The molecule has 1 rings (SSSR count). The lowest BCUT2D eigenvalue weighted by molar-refractivity contribution is -0.122. The summed E-state index contributed by atoms with van der Waals surface area (Å²) in [5, 5.41) is 0. The number of hydrogen-bond donors (Lipinski definition) is 1. The minimum absolute atomic E-state index is 0.213. The predicted octanol–water partition coefficient (Wildman–Crippen LogP) is -0.333. The summed E-state index contributed by atoms with van der Waals surface area (Å²) in [7, 11) is 1.50. The Morgan fingerprint density at radius 3 is 2.15 bits per heavy atom. The number of nitrogens with zero attached hydrogens (tertiary/aromatic N) is 1. The molecular formula is C6H11ClN2O3S. The molecule has 0 aromatic rings. The van der Waals surface area contributed by atoms with E-state index in [9.17, 15) is 13.2 Å². The molecule has 0 aliphatic carbocycles. The van der Waals surface area contributed by atoms with Gasteiger partial charge in [-0.3, -0.25) is 4.79 Å². The van der Waals surface area contributed by atoms with Gasteiger partial charge in [0.1, 0.15) is 0 Å². The van der Waals surface area contributed by atoms with Crippen LogP contribution < -0.4 is 5.73 Å². The van der Waals surface area contributed by atoms with E-state index in [4.69, 9.17) is 16.4 Å². The van der Waals surface area contributed by atoms with Crippen LogP contribution in [-0.2, 0) is 14.0 Å². The van der Waals surface area contributed by atoms with E-state index >= 15 is 0 Å². The van der Waals surface area contributed by atoms with Crippen molar-refractivity contribution in [3.8, 4) is 0 Å². The first kappa shape index (κ1) is 10.7. The second-order valence-corrected chi connectivity index (χ2v) is 5.53. The van der Waals surface area contributed by atoms with Crippen molar-refractivity contribution in [2.75, 3.05) is 13.1 Å². The molecule has 0 aromatic heterocycles. The molecule has 1 fully saturated rings. The van der Waals surface area contributed by atoms with Gasteiger partial charge in [0.05, 0.1) is 0 Å². The molecule has 0 radical (unpaired) electrons. The molecule has 1 saturated heterocycles. The van der Waals surface area contributed by atoms with Gasteiger partial charge in [-0.1, -0.05) is 0 Å². The fourth-order valence-electron chi connectivity index (χ4n) is 1.36. The number of nitrogens with two attached hydrogens (primary N) is 1.